The highest BCUT2D eigenvalue weighted by Crippen LogP contribution is 2.37. The van der Waals surface area contributed by atoms with Crippen molar-refractivity contribution in [2.75, 3.05) is 24.6 Å². The first kappa shape index (κ1) is 20.5. The molecule has 8 nitrogen and oxygen atoms in total. The average molecular weight is 466 g/mol. The molecule has 2 unspecified atom stereocenters. The predicted octanol–water partition coefficient (Wildman–Crippen LogP) is 4.13. The Morgan fingerprint density at radius 2 is 1.97 bits per heavy atom. The zero-order valence-corrected chi connectivity index (χ0v) is 19.6. The van der Waals surface area contributed by atoms with Crippen molar-refractivity contribution in [3.8, 4) is 16.9 Å². The van der Waals surface area contributed by atoms with Crippen LogP contribution in [0.4, 0.5) is 5.82 Å². The fourth-order valence-electron chi connectivity index (χ4n) is 5.76. The molecule has 176 valence electrons. The van der Waals surface area contributed by atoms with E-state index in [1.165, 1.54) is 12.0 Å². The molecule has 0 saturated carbocycles. The van der Waals surface area contributed by atoms with Crippen LogP contribution in [0.2, 0.25) is 0 Å². The van der Waals surface area contributed by atoms with Crippen molar-refractivity contribution in [1.29, 1.82) is 0 Å². The quantitative estimate of drug-likeness (QED) is 0.406. The molecule has 0 spiro atoms. The number of anilines is 1. The third kappa shape index (κ3) is 3.44. The first-order chi connectivity index (χ1) is 17.3. The van der Waals surface area contributed by atoms with Gasteiger partial charge in [0.1, 0.15) is 11.6 Å². The third-order valence-corrected chi connectivity index (χ3v) is 7.35. The van der Waals surface area contributed by atoms with Crippen LogP contribution in [0.3, 0.4) is 0 Å². The molecule has 6 heterocycles. The summed E-state index contributed by atoms with van der Waals surface area (Å²) >= 11 is 0. The molecule has 0 amide bonds. The van der Waals surface area contributed by atoms with Gasteiger partial charge in [0.05, 0.1) is 29.9 Å². The first-order valence-corrected chi connectivity index (χ1v) is 12.3. The van der Waals surface area contributed by atoms with Crippen molar-refractivity contribution in [2.45, 2.75) is 32.0 Å². The number of hydrogen-bond donors (Lipinski definition) is 1. The number of ether oxygens (including phenoxy) is 1. The van der Waals surface area contributed by atoms with Gasteiger partial charge in [-0.3, -0.25) is 10.00 Å². The number of rotatable bonds is 6. The van der Waals surface area contributed by atoms with Gasteiger partial charge >= 0.3 is 0 Å². The molecule has 2 aliphatic rings. The van der Waals surface area contributed by atoms with Crippen LogP contribution in [0.15, 0.2) is 67.1 Å². The Balaban J connectivity index is 1.16. The number of benzene rings is 1. The van der Waals surface area contributed by atoms with Gasteiger partial charge in [-0.15, -0.1) is 5.10 Å². The second-order valence-corrected chi connectivity index (χ2v) is 9.46. The van der Waals surface area contributed by atoms with Crippen LogP contribution in [-0.2, 0) is 6.54 Å². The van der Waals surface area contributed by atoms with Gasteiger partial charge in [0.15, 0.2) is 5.65 Å². The molecular formula is C27H27N7O. The molecule has 1 N–H and O–H groups in total. The van der Waals surface area contributed by atoms with Crippen LogP contribution in [0.5, 0.6) is 5.75 Å². The van der Waals surface area contributed by atoms with E-state index in [0.717, 1.165) is 58.9 Å². The second-order valence-electron chi connectivity index (χ2n) is 9.46. The van der Waals surface area contributed by atoms with Crippen LogP contribution >= 0.6 is 0 Å². The average Bonchev–Trinajstić information content (AvgIpc) is 3.65. The molecular weight excluding hydrogens is 438 g/mol. The largest absolute Gasteiger partial charge is 0.492 e. The van der Waals surface area contributed by atoms with Crippen LogP contribution in [0, 0.1) is 0 Å². The Bertz CT molecular complexity index is 1490. The Morgan fingerprint density at radius 1 is 1.06 bits per heavy atom. The summed E-state index contributed by atoms with van der Waals surface area (Å²) in [6.45, 7) is 5.74. The molecule has 0 radical (unpaired) electrons. The maximum absolute atomic E-state index is 5.82. The van der Waals surface area contributed by atoms with Gasteiger partial charge in [0.2, 0.25) is 0 Å². The fourth-order valence-corrected chi connectivity index (χ4v) is 5.76. The summed E-state index contributed by atoms with van der Waals surface area (Å²) in [6.07, 6.45) is 6.93. The van der Waals surface area contributed by atoms with Crippen molar-refractivity contribution in [3.63, 3.8) is 0 Å². The second kappa shape index (κ2) is 8.09. The van der Waals surface area contributed by atoms with E-state index in [0.29, 0.717) is 18.7 Å². The first-order valence-electron chi connectivity index (χ1n) is 12.3. The van der Waals surface area contributed by atoms with Crippen molar-refractivity contribution >= 4 is 22.4 Å². The number of nitrogens with one attached hydrogen (secondary N) is 1. The van der Waals surface area contributed by atoms with Crippen LogP contribution < -0.4 is 9.64 Å². The summed E-state index contributed by atoms with van der Waals surface area (Å²) in [5.74, 6) is 1.84. The van der Waals surface area contributed by atoms with Crippen LogP contribution in [-0.4, -0.2) is 61.5 Å². The maximum atomic E-state index is 5.82. The third-order valence-electron chi connectivity index (χ3n) is 7.35. The standard InChI is InChI=1S/C27H27N7O/c1-2-35-22-11-23(26-24-13-29-30-27(24)31-34(26)17-22)19-8-9-25(28-12-19)33-16-20-10-21(33)15-32(20)14-18-6-4-3-5-7-18/h3-9,11-13,17,20-21H,2,10,14-16H2,1H3,(H,30,31). The van der Waals surface area contributed by atoms with Crippen molar-refractivity contribution in [2.24, 2.45) is 0 Å². The molecule has 8 heteroatoms. The van der Waals surface area contributed by atoms with Crippen molar-refractivity contribution in [1.82, 2.24) is 29.7 Å². The summed E-state index contributed by atoms with van der Waals surface area (Å²) in [5.41, 5.74) is 5.23. The Morgan fingerprint density at radius 3 is 2.74 bits per heavy atom. The summed E-state index contributed by atoms with van der Waals surface area (Å²) in [6, 6.07) is 18.3. The highest BCUT2D eigenvalue weighted by Gasteiger charge is 2.43. The molecule has 2 atom stereocenters. The fraction of sp³-hybridized carbons (Fsp3) is 0.296. The maximum Gasteiger partial charge on any atom is 0.178 e. The smallest absolute Gasteiger partial charge is 0.178 e. The zero-order valence-electron chi connectivity index (χ0n) is 19.6. The van der Waals surface area contributed by atoms with E-state index in [1.54, 1.807) is 0 Å². The van der Waals surface area contributed by atoms with E-state index in [1.807, 2.05) is 30.0 Å². The number of aromatic amines is 1. The van der Waals surface area contributed by atoms with Gasteiger partial charge in [-0.25, -0.2) is 9.50 Å². The summed E-state index contributed by atoms with van der Waals surface area (Å²) in [4.78, 5) is 10.0. The van der Waals surface area contributed by atoms with E-state index in [2.05, 4.69) is 73.6 Å². The normalized spacial score (nSPS) is 19.9. The molecule has 0 aliphatic carbocycles. The van der Waals surface area contributed by atoms with E-state index < -0.39 is 0 Å². The molecule has 5 aromatic rings. The number of likely N-dealkylation sites (tertiary alicyclic amines) is 1. The SMILES string of the molecule is CCOc1cc(-c2ccc(N3CC4CC3CN4Cc3ccccc3)nc2)c2c3cn[nH]c3nn2c1. The monoisotopic (exact) mass is 465 g/mol. The van der Waals surface area contributed by atoms with Crippen LogP contribution in [0.1, 0.15) is 18.9 Å². The summed E-state index contributed by atoms with van der Waals surface area (Å²) in [7, 11) is 0. The molecule has 1 aromatic carbocycles. The lowest BCUT2D eigenvalue weighted by Gasteiger charge is -2.35. The number of pyridine rings is 2. The van der Waals surface area contributed by atoms with Gasteiger partial charge in [-0.1, -0.05) is 30.3 Å². The molecule has 2 fully saturated rings. The number of nitrogens with zero attached hydrogens (tertiary/aromatic N) is 6. The van der Waals surface area contributed by atoms with E-state index in [4.69, 9.17) is 9.72 Å². The number of fused-ring (bicyclic) bond motifs is 5. The van der Waals surface area contributed by atoms with Gasteiger partial charge in [0, 0.05) is 49.0 Å². The number of H-pyrrole nitrogens is 1. The minimum atomic E-state index is 0.524. The number of aromatic nitrogens is 5. The van der Waals surface area contributed by atoms with E-state index >= 15 is 0 Å². The molecule has 2 saturated heterocycles. The van der Waals surface area contributed by atoms with Crippen molar-refractivity contribution in [3.05, 3.63) is 72.7 Å². The highest BCUT2D eigenvalue weighted by atomic mass is 16.5. The predicted molar refractivity (Wildman–Crippen MR) is 136 cm³/mol. The lowest BCUT2D eigenvalue weighted by molar-refractivity contribution is 0.230. The highest BCUT2D eigenvalue weighted by molar-refractivity contribution is 6.00. The van der Waals surface area contributed by atoms with Crippen molar-refractivity contribution < 1.29 is 4.74 Å². The van der Waals surface area contributed by atoms with E-state index in [-0.39, 0.29) is 0 Å². The summed E-state index contributed by atoms with van der Waals surface area (Å²) < 4.78 is 7.69. The lowest BCUT2D eigenvalue weighted by Crippen LogP contribution is -2.46. The summed E-state index contributed by atoms with van der Waals surface area (Å²) in [5, 5.41) is 12.8. The van der Waals surface area contributed by atoms with Gasteiger partial charge < -0.3 is 9.64 Å². The molecule has 4 aromatic heterocycles. The molecule has 35 heavy (non-hydrogen) atoms. The Kier molecular flexibility index (Phi) is 4.73. The lowest BCUT2D eigenvalue weighted by atomic mass is 10.1. The zero-order chi connectivity index (χ0) is 23.4. The van der Waals surface area contributed by atoms with Gasteiger partial charge in [-0.2, -0.15) is 5.10 Å². The minimum absolute atomic E-state index is 0.524. The van der Waals surface area contributed by atoms with Gasteiger partial charge in [0.25, 0.3) is 0 Å². The minimum Gasteiger partial charge on any atom is -0.492 e. The molecule has 7 rings (SSSR count). The topological polar surface area (TPSA) is 74.6 Å². The molecule has 2 aliphatic heterocycles. The number of hydrogen-bond acceptors (Lipinski definition) is 6. The van der Waals surface area contributed by atoms with E-state index in [9.17, 15) is 0 Å². The Hall–Kier alpha value is -3.91. The Labute approximate surface area is 203 Å². The number of piperazine rings is 1. The molecule has 2 bridgehead atoms. The van der Waals surface area contributed by atoms with Crippen LogP contribution in [0.25, 0.3) is 27.7 Å². The van der Waals surface area contributed by atoms with Gasteiger partial charge in [-0.05, 0) is 37.1 Å².